The van der Waals surface area contributed by atoms with Crippen LogP contribution in [0.15, 0.2) is 79.0 Å². The van der Waals surface area contributed by atoms with E-state index in [0.717, 1.165) is 30.0 Å². The highest BCUT2D eigenvalue weighted by Crippen LogP contribution is 2.23. The van der Waals surface area contributed by atoms with Gasteiger partial charge in [0.15, 0.2) is 11.6 Å². The van der Waals surface area contributed by atoms with Crippen molar-refractivity contribution in [3.63, 3.8) is 0 Å². The summed E-state index contributed by atoms with van der Waals surface area (Å²) >= 11 is 0. The molecule has 0 saturated carbocycles. The minimum Gasteiger partial charge on any atom is -0.353 e. The van der Waals surface area contributed by atoms with E-state index >= 15 is 0 Å². The molecule has 1 aliphatic heterocycles. The molecule has 5 rings (SSSR count). The fourth-order valence-corrected chi connectivity index (χ4v) is 4.07. The van der Waals surface area contributed by atoms with Crippen LogP contribution in [0.4, 0.5) is 5.82 Å². The van der Waals surface area contributed by atoms with Crippen LogP contribution in [-0.4, -0.2) is 56.7 Å². The van der Waals surface area contributed by atoms with E-state index in [2.05, 4.69) is 22.9 Å². The number of hydrogen-bond acceptors (Lipinski definition) is 5. The number of anilines is 1. The van der Waals surface area contributed by atoms with Crippen LogP contribution >= 0.6 is 0 Å². The third kappa shape index (κ3) is 4.62. The number of pyridine rings is 1. The van der Waals surface area contributed by atoms with Crippen molar-refractivity contribution in [2.24, 2.45) is 0 Å². The van der Waals surface area contributed by atoms with Crippen molar-refractivity contribution in [2.75, 3.05) is 31.1 Å². The van der Waals surface area contributed by atoms with Crippen LogP contribution in [0.5, 0.6) is 0 Å². The van der Waals surface area contributed by atoms with Crippen LogP contribution in [0.25, 0.3) is 22.8 Å². The second-order valence-electron chi connectivity index (χ2n) is 8.21. The predicted octanol–water partition coefficient (Wildman–Crippen LogP) is 3.66. The monoisotopic (exact) mass is 438 g/mol. The molecule has 3 heterocycles. The second kappa shape index (κ2) is 9.24. The largest absolute Gasteiger partial charge is 0.353 e. The number of piperazine rings is 1. The Labute approximate surface area is 193 Å². The second-order valence-corrected chi connectivity index (χ2v) is 8.21. The molecule has 0 bridgehead atoms. The van der Waals surface area contributed by atoms with Gasteiger partial charge in [-0.25, -0.2) is 14.6 Å². The van der Waals surface area contributed by atoms with Gasteiger partial charge in [-0.15, -0.1) is 5.10 Å². The number of hydrogen-bond donors (Lipinski definition) is 0. The quantitative estimate of drug-likeness (QED) is 0.476. The first-order chi connectivity index (χ1) is 16.2. The lowest BCUT2D eigenvalue weighted by atomic mass is 10.2. The number of amides is 1. The summed E-state index contributed by atoms with van der Waals surface area (Å²) in [6.07, 6.45) is 1.84. The molecule has 2 aromatic heterocycles. The molecule has 0 aliphatic carbocycles. The Morgan fingerprint density at radius 2 is 1.55 bits per heavy atom. The molecule has 4 aromatic rings. The minimum absolute atomic E-state index is 0.0496. The van der Waals surface area contributed by atoms with E-state index in [1.54, 1.807) is 4.68 Å². The van der Waals surface area contributed by atoms with Gasteiger partial charge in [0.1, 0.15) is 12.4 Å². The van der Waals surface area contributed by atoms with E-state index in [1.165, 1.54) is 5.56 Å². The highest BCUT2D eigenvalue weighted by Gasteiger charge is 2.24. The van der Waals surface area contributed by atoms with Gasteiger partial charge in [0, 0.05) is 43.5 Å². The molecular formula is C26H26N6O. The Hall–Kier alpha value is -4.00. The van der Waals surface area contributed by atoms with Gasteiger partial charge in [-0.2, -0.15) is 0 Å². The van der Waals surface area contributed by atoms with Gasteiger partial charge in [-0.05, 0) is 24.6 Å². The summed E-state index contributed by atoms with van der Waals surface area (Å²) in [6.45, 7) is 5.08. The fraction of sp³-hybridized carbons (Fsp3) is 0.231. The van der Waals surface area contributed by atoms with Crippen LogP contribution in [-0.2, 0) is 11.3 Å². The van der Waals surface area contributed by atoms with Gasteiger partial charge < -0.3 is 9.80 Å². The molecule has 2 aromatic carbocycles. The van der Waals surface area contributed by atoms with Crippen LogP contribution < -0.4 is 4.90 Å². The Kier molecular flexibility index (Phi) is 5.85. The first-order valence-corrected chi connectivity index (χ1v) is 11.2. The van der Waals surface area contributed by atoms with Crippen LogP contribution in [0.2, 0.25) is 0 Å². The van der Waals surface area contributed by atoms with Crippen LogP contribution in [0, 0.1) is 6.92 Å². The average Bonchev–Trinajstić information content (AvgIpc) is 3.29. The topological polar surface area (TPSA) is 67.2 Å². The number of benzene rings is 2. The summed E-state index contributed by atoms with van der Waals surface area (Å²) < 4.78 is 1.73. The SMILES string of the molecule is Cc1ccnc(N2CCN(C(=O)Cn3nc(-c4ccccc4)nc3-c3ccccc3)CC2)c1. The average molecular weight is 439 g/mol. The fourth-order valence-electron chi connectivity index (χ4n) is 4.07. The zero-order chi connectivity index (χ0) is 22.6. The van der Waals surface area contributed by atoms with Crippen molar-refractivity contribution >= 4 is 11.7 Å². The molecule has 0 atom stereocenters. The van der Waals surface area contributed by atoms with Gasteiger partial charge in [-0.1, -0.05) is 60.7 Å². The Morgan fingerprint density at radius 3 is 2.21 bits per heavy atom. The van der Waals surface area contributed by atoms with Gasteiger partial charge >= 0.3 is 0 Å². The van der Waals surface area contributed by atoms with E-state index in [1.807, 2.05) is 77.8 Å². The first-order valence-electron chi connectivity index (χ1n) is 11.2. The maximum Gasteiger partial charge on any atom is 0.244 e. The Balaban J connectivity index is 1.33. The van der Waals surface area contributed by atoms with E-state index in [-0.39, 0.29) is 12.5 Å². The molecule has 0 spiro atoms. The lowest BCUT2D eigenvalue weighted by Gasteiger charge is -2.35. The molecule has 166 valence electrons. The molecule has 0 N–H and O–H groups in total. The van der Waals surface area contributed by atoms with E-state index in [0.29, 0.717) is 24.7 Å². The highest BCUT2D eigenvalue weighted by atomic mass is 16.2. The maximum absolute atomic E-state index is 13.2. The summed E-state index contributed by atoms with van der Waals surface area (Å²) in [7, 11) is 0. The van der Waals surface area contributed by atoms with Crippen molar-refractivity contribution in [3.8, 4) is 22.8 Å². The molecule has 0 unspecified atom stereocenters. The standard InChI is InChI=1S/C26H26N6O/c1-20-12-13-27-23(18-20)30-14-16-31(17-15-30)24(33)19-32-26(22-10-6-3-7-11-22)28-25(29-32)21-8-4-2-5-9-21/h2-13,18H,14-17,19H2,1H3. The summed E-state index contributed by atoms with van der Waals surface area (Å²) in [6, 6.07) is 23.8. The lowest BCUT2D eigenvalue weighted by molar-refractivity contribution is -0.132. The van der Waals surface area contributed by atoms with Crippen molar-refractivity contribution in [3.05, 3.63) is 84.6 Å². The van der Waals surface area contributed by atoms with E-state index in [4.69, 9.17) is 10.1 Å². The normalized spacial score (nSPS) is 13.8. The zero-order valence-corrected chi connectivity index (χ0v) is 18.6. The van der Waals surface area contributed by atoms with Gasteiger partial charge in [-0.3, -0.25) is 4.79 Å². The highest BCUT2D eigenvalue weighted by molar-refractivity contribution is 5.77. The number of carbonyl (C=O) groups excluding carboxylic acids is 1. The predicted molar refractivity (Wildman–Crippen MR) is 129 cm³/mol. The van der Waals surface area contributed by atoms with Gasteiger partial charge in [0.2, 0.25) is 5.91 Å². The van der Waals surface area contributed by atoms with Crippen molar-refractivity contribution in [2.45, 2.75) is 13.5 Å². The molecule has 7 nitrogen and oxygen atoms in total. The molecular weight excluding hydrogens is 412 g/mol. The molecule has 0 radical (unpaired) electrons. The molecule has 7 heteroatoms. The Bertz CT molecular complexity index is 1230. The van der Waals surface area contributed by atoms with E-state index in [9.17, 15) is 4.79 Å². The molecule has 1 saturated heterocycles. The van der Waals surface area contributed by atoms with Gasteiger partial charge in [0.25, 0.3) is 0 Å². The summed E-state index contributed by atoms with van der Waals surface area (Å²) in [4.78, 5) is 26.6. The summed E-state index contributed by atoms with van der Waals surface area (Å²) in [5.74, 6) is 2.34. The first kappa shape index (κ1) is 20.9. The maximum atomic E-state index is 13.2. The van der Waals surface area contributed by atoms with Crippen molar-refractivity contribution in [1.29, 1.82) is 0 Å². The van der Waals surface area contributed by atoms with Crippen LogP contribution in [0.3, 0.4) is 0 Å². The van der Waals surface area contributed by atoms with Crippen molar-refractivity contribution < 1.29 is 4.79 Å². The minimum atomic E-state index is 0.0496. The Morgan fingerprint density at radius 1 is 0.879 bits per heavy atom. The van der Waals surface area contributed by atoms with E-state index < -0.39 is 0 Å². The number of carbonyl (C=O) groups is 1. The zero-order valence-electron chi connectivity index (χ0n) is 18.6. The molecule has 1 aliphatic rings. The number of aromatic nitrogens is 4. The number of aryl methyl sites for hydroxylation is 1. The third-order valence-electron chi connectivity index (χ3n) is 5.88. The van der Waals surface area contributed by atoms with Crippen molar-refractivity contribution in [1.82, 2.24) is 24.6 Å². The molecule has 33 heavy (non-hydrogen) atoms. The smallest absolute Gasteiger partial charge is 0.244 e. The summed E-state index contributed by atoms with van der Waals surface area (Å²) in [5, 5.41) is 4.70. The third-order valence-corrected chi connectivity index (χ3v) is 5.88. The van der Waals surface area contributed by atoms with Gasteiger partial charge in [0.05, 0.1) is 0 Å². The molecule has 1 amide bonds. The number of rotatable bonds is 5. The number of nitrogens with zero attached hydrogens (tertiary/aromatic N) is 6. The lowest BCUT2D eigenvalue weighted by Crippen LogP contribution is -2.50. The molecule has 1 fully saturated rings. The van der Waals surface area contributed by atoms with Crippen LogP contribution in [0.1, 0.15) is 5.56 Å². The summed E-state index contributed by atoms with van der Waals surface area (Å²) in [5.41, 5.74) is 3.06.